The van der Waals surface area contributed by atoms with Crippen molar-refractivity contribution < 1.29 is 13.2 Å². The van der Waals surface area contributed by atoms with E-state index in [2.05, 4.69) is 5.32 Å². The summed E-state index contributed by atoms with van der Waals surface area (Å²) in [6, 6.07) is 29.9. The van der Waals surface area contributed by atoms with Crippen LogP contribution in [-0.2, 0) is 10.0 Å². The second-order valence-electron chi connectivity index (χ2n) is 7.34. The Hall–Kier alpha value is -3.26. The van der Waals surface area contributed by atoms with Gasteiger partial charge in [-0.05, 0) is 72.8 Å². The molecule has 0 bridgehead atoms. The highest BCUT2D eigenvalue weighted by Crippen LogP contribution is 2.33. The van der Waals surface area contributed by atoms with E-state index >= 15 is 0 Å². The van der Waals surface area contributed by atoms with Gasteiger partial charge in [0.15, 0.2) is 0 Å². The lowest BCUT2D eigenvalue weighted by Crippen LogP contribution is -2.26. The number of nitrogens with one attached hydrogen (secondary N) is 1. The summed E-state index contributed by atoms with van der Waals surface area (Å²) < 4.78 is 27.0. The van der Waals surface area contributed by atoms with Crippen LogP contribution in [0.25, 0.3) is 0 Å². The van der Waals surface area contributed by atoms with Gasteiger partial charge in [0.05, 0.1) is 16.3 Å². The molecule has 1 N–H and O–H groups in total. The topological polar surface area (TPSA) is 66.5 Å². The molecule has 172 valence electrons. The van der Waals surface area contributed by atoms with Gasteiger partial charge in [-0.3, -0.25) is 9.10 Å². The third kappa shape index (κ3) is 5.44. The minimum atomic E-state index is -3.75. The van der Waals surface area contributed by atoms with Gasteiger partial charge < -0.3 is 5.32 Å². The maximum Gasteiger partial charge on any atom is 0.264 e. The van der Waals surface area contributed by atoms with E-state index in [9.17, 15) is 13.2 Å². The number of hydrogen-bond donors (Lipinski definition) is 1. The van der Waals surface area contributed by atoms with Crippen LogP contribution in [0.1, 0.15) is 10.4 Å². The number of carbonyl (C=O) groups is 1. The van der Waals surface area contributed by atoms with Gasteiger partial charge >= 0.3 is 0 Å². The smallest absolute Gasteiger partial charge is 0.264 e. The van der Waals surface area contributed by atoms with Gasteiger partial charge in [-0.1, -0.05) is 53.7 Å². The van der Waals surface area contributed by atoms with Gasteiger partial charge in [0.1, 0.15) is 0 Å². The molecule has 0 heterocycles. The maximum atomic E-state index is 12.9. The van der Waals surface area contributed by atoms with Gasteiger partial charge in [-0.2, -0.15) is 0 Å². The number of anilines is 2. The third-order valence-corrected chi connectivity index (χ3v) is 8.21. The predicted molar refractivity (Wildman–Crippen MR) is 138 cm³/mol. The summed E-state index contributed by atoms with van der Waals surface area (Å²) in [4.78, 5) is 15.0. The normalized spacial score (nSPS) is 11.1. The van der Waals surface area contributed by atoms with Crippen molar-refractivity contribution in [2.45, 2.75) is 14.7 Å². The summed E-state index contributed by atoms with van der Waals surface area (Å²) in [5.41, 5.74) is 1.56. The lowest BCUT2D eigenvalue weighted by Gasteiger charge is -2.20. The molecule has 8 heteroatoms. The number of benzene rings is 4. The van der Waals surface area contributed by atoms with Crippen LogP contribution in [0, 0.1) is 0 Å². The number of hydrogen-bond acceptors (Lipinski definition) is 4. The van der Waals surface area contributed by atoms with Crippen molar-refractivity contribution in [2.75, 3.05) is 16.7 Å². The largest absolute Gasteiger partial charge is 0.321 e. The van der Waals surface area contributed by atoms with Crippen molar-refractivity contribution in [3.63, 3.8) is 0 Å². The standard InChI is InChI=1S/C26H21ClN2O3S2/c1-29(34(31,32)23-17-13-20(27)14-18-23)21-15-11-19(12-16-21)26(30)28-24-9-5-6-10-25(24)33-22-7-3-2-4-8-22/h2-18H,1H3,(H,28,30). The Morgan fingerprint density at radius 1 is 0.824 bits per heavy atom. The number of rotatable bonds is 7. The summed E-state index contributed by atoms with van der Waals surface area (Å²) >= 11 is 7.43. The number of para-hydroxylation sites is 1. The van der Waals surface area contributed by atoms with Crippen molar-refractivity contribution in [3.05, 3.63) is 114 Å². The van der Waals surface area contributed by atoms with E-state index in [1.165, 1.54) is 35.6 Å². The van der Waals surface area contributed by atoms with Gasteiger partial charge in [0.25, 0.3) is 15.9 Å². The second kappa shape index (κ2) is 10.3. The predicted octanol–water partition coefficient (Wildman–Crippen LogP) is 6.57. The lowest BCUT2D eigenvalue weighted by atomic mass is 10.2. The van der Waals surface area contributed by atoms with E-state index in [-0.39, 0.29) is 10.8 Å². The van der Waals surface area contributed by atoms with Crippen molar-refractivity contribution >= 4 is 50.7 Å². The van der Waals surface area contributed by atoms with Crippen LogP contribution in [0.4, 0.5) is 11.4 Å². The van der Waals surface area contributed by atoms with Crippen molar-refractivity contribution in [1.29, 1.82) is 0 Å². The fourth-order valence-electron chi connectivity index (χ4n) is 3.20. The Labute approximate surface area is 208 Å². The molecule has 0 aliphatic rings. The minimum Gasteiger partial charge on any atom is -0.321 e. The van der Waals surface area contributed by atoms with E-state index in [1.807, 2.05) is 54.6 Å². The number of halogens is 1. The fraction of sp³-hybridized carbons (Fsp3) is 0.0385. The van der Waals surface area contributed by atoms with E-state index in [4.69, 9.17) is 11.6 Å². The zero-order valence-corrected chi connectivity index (χ0v) is 20.6. The van der Waals surface area contributed by atoms with Crippen LogP contribution in [0.15, 0.2) is 118 Å². The van der Waals surface area contributed by atoms with E-state index < -0.39 is 10.0 Å². The molecular weight excluding hydrogens is 488 g/mol. The molecule has 0 aromatic heterocycles. The van der Waals surface area contributed by atoms with Crippen molar-refractivity contribution in [3.8, 4) is 0 Å². The number of nitrogens with zero attached hydrogens (tertiary/aromatic N) is 1. The highest BCUT2D eigenvalue weighted by atomic mass is 35.5. The molecule has 4 aromatic rings. The Kier molecular flexibility index (Phi) is 7.26. The van der Waals surface area contributed by atoms with Crippen molar-refractivity contribution in [2.24, 2.45) is 0 Å². The van der Waals surface area contributed by atoms with Crippen LogP contribution < -0.4 is 9.62 Å². The molecule has 0 unspecified atom stereocenters. The van der Waals surface area contributed by atoms with E-state index in [0.29, 0.717) is 22.0 Å². The first-order valence-electron chi connectivity index (χ1n) is 10.3. The molecule has 4 aromatic carbocycles. The molecule has 0 saturated heterocycles. The molecule has 4 rings (SSSR count). The highest BCUT2D eigenvalue weighted by molar-refractivity contribution is 7.99. The lowest BCUT2D eigenvalue weighted by molar-refractivity contribution is 0.102. The molecule has 0 aliphatic carbocycles. The summed E-state index contributed by atoms with van der Waals surface area (Å²) in [7, 11) is -2.29. The molecule has 5 nitrogen and oxygen atoms in total. The first-order valence-corrected chi connectivity index (χ1v) is 13.0. The zero-order chi connectivity index (χ0) is 24.1. The summed E-state index contributed by atoms with van der Waals surface area (Å²) in [5, 5.41) is 3.41. The first kappa shape index (κ1) is 23.9. The van der Waals surface area contributed by atoms with Crippen LogP contribution in [0.2, 0.25) is 5.02 Å². The van der Waals surface area contributed by atoms with Crippen LogP contribution in [0.3, 0.4) is 0 Å². The van der Waals surface area contributed by atoms with Crippen molar-refractivity contribution in [1.82, 2.24) is 0 Å². The molecule has 0 aliphatic heterocycles. The van der Waals surface area contributed by atoms with Gasteiger partial charge in [-0.25, -0.2) is 8.42 Å². The Balaban J connectivity index is 1.49. The molecule has 0 atom stereocenters. The fourth-order valence-corrected chi connectivity index (χ4v) is 5.44. The quantitative estimate of drug-likeness (QED) is 0.306. The van der Waals surface area contributed by atoms with Gasteiger partial charge in [0, 0.05) is 27.4 Å². The molecule has 0 spiro atoms. The maximum absolute atomic E-state index is 12.9. The first-order chi connectivity index (χ1) is 16.3. The average molecular weight is 509 g/mol. The monoisotopic (exact) mass is 508 g/mol. The number of carbonyl (C=O) groups excluding carboxylic acids is 1. The average Bonchev–Trinajstić information content (AvgIpc) is 2.86. The summed E-state index contributed by atoms with van der Waals surface area (Å²) in [5.74, 6) is -0.282. The number of sulfonamides is 1. The van der Waals surface area contributed by atoms with Crippen LogP contribution in [-0.4, -0.2) is 21.4 Å². The van der Waals surface area contributed by atoms with E-state index in [0.717, 1.165) is 9.79 Å². The SMILES string of the molecule is CN(c1ccc(C(=O)Nc2ccccc2Sc2ccccc2)cc1)S(=O)(=O)c1ccc(Cl)cc1. The minimum absolute atomic E-state index is 0.133. The molecule has 0 saturated carbocycles. The summed E-state index contributed by atoms with van der Waals surface area (Å²) in [6.07, 6.45) is 0. The second-order valence-corrected chi connectivity index (χ2v) is 10.9. The zero-order valence-electron chi connectivity index (χ0n) is 18.2. The van der Waals surface area contributed by atoms with Gasteiger partial charge in [0.2, 0.25) is 0 Å². The van der Waals surface area contributed by atoms with Crippen LogP contribution in [0.5, 0.6) is 0 Å². The Morgan fingerprint density at radius 3 is 2.12 bits per heavy atom. The Morgan fingerprint density at radius 2 is 1.44 bits per heavy atom. The third-order valence-electron chi connectivity index (χ3n) is 5.07. The highest BCUT2D eigenvalue weighted by Gasteiger charge is 2.21. The molecule has 1 amide bonds. The van der Waals surface area contributed by atoms with Crippen LogP contribution >= 0.6 is 23.4 Å². The molecule has 0 radical (unpaired) electrons. The summed E-state index contributed by atoms with van der Waals surface area (Å²) in [6.45, 7) is 0. The molecule has 0 fully saturated rings. The van der Waals surface area contributed by atoms with E-state index in [1.54, 1.807) is 36.0 Å². The molecular formula is C26H21ClN2O3S2. The van der Waals surface area contributed by atoms with Gasteiger partial charge in [-0.15, -0.1) is 0 Å². The molecule has 34 heavy (non-hydrogen) atoms. The Bertz CT molecular complexity index is 1390. The number of amides is 1.